The Morgan fingerprint density at radius 1 is 1.12 bits per heavy atom. The summed E-state index contributed by atoms with van der Waals surface area (Å²) >= 11 is 4.11. The molecule has 182 valence electrons. The predicted octanol–water partition coefficient (Wildman–Crippen LogP) is -1.38. The smallest absolute Gasteiger partial charge is 0.329 e. The number of nitrogens with zero attached hydrogens (tertiary/aromatic N) is 4. The highest BCUT2D eigenvalue weighted by atomic mass is 32.1. The lowest BCUT2D eigenvalue weighted by Crippen LogP contribution is -2.44. The molecule has 0 radical (unpaired) electrons. The second-order valence-electron chi connectivity index (χ2n) is 7.70. The van der Waals surface area contributed by atoms with E-state index in [4.69, 9.17) is 4.74 Å². The summed E-state index contributed by atoms with van der Waals surface area (Å²) in [7, 11) is 0. The van der Waals surface area contributed by atoms with Crippen molar-refractivity contribution >= 4 is 24.5 Å². The first-order valence-corrected chi connectivity index (χ1v) is 12.1. The van der Waals surface area contributed by atoms with E-state index in [0.717, 1.165) is 70.9 Å². The summed E-state index contributed by atoms with van der Waals surface area (Å²) in [6.45, 7) is 10.4. The number of amides is 1. The summed E-state index contributed by atoms with van der Waals surface area (Å²) in [5.41, 5.74) is 0.812. The van der Waals surface area contributed by atoms with Gasteiger partial charge in [0.15, 0.2) is 0 Å². The van der Waals surface area contributed by atoms with Gasteiger partial charge in [-0.3, -0.25) is 9.69 Å². The molecule has 1 fully saturated rings. The second kappa shape index (κ2) is 16.0. The molecule has 1 saturated heterocycles. The van der Waals surface area contributed by atoms with E-state index >= 15 is 0 Å². The van der Waals surface area contributed by atoms with Crippen molar-refractivity contribution in [1.82, 2.24) is 41.2 Å². The van der Waals surface area contributed by atoms with Gasteiger partial charge in [0.1, 0.15) is 12.6 Å². The van der Waals surface area contributed by atoms with Crippen molar-refractivity contribution in [2.45, 2.75) is 38.9 Å². The molecule has 32 heavy (non-hydrogen) atoms. The molecule has 1 unspecified atom stereocenters. The third-order valence-corrected chi connectivity index (χ3v) is 5.35. The van der Waals surface area contributed by atoms with Crippen LogP contribution in [0, 0.1) is 0 Å². The Morgan fingerprint density at radius 2 is 1.84 bits per heavy atom. The van der Waals surface area contributed by atoms with Crippen LogP contribution in [0.2, 0.25) is 0 Å². The van der Waals surface area contributed by atoms with Crippen LogP contribution < -0.4 is 21.3 Å². The Labute approximate surface area is 195 Å². The minimum Gasteiger partial charge on any atom is -0.464 e. The van der Waals surface area contributed by atoms with Crippen molar-refractivity contribution in [3.63, 3.8) is 0 Å². The Hall–Kier alpha value is -1.73. The maximum atomic E-state index is 12.3. The molecule has 4 N–H and O–H groups in total. The van der Waals surface area contributed by atoms with Gasteiger partial charge in [-0.15, -0.1) is 5.10 Å². The van der Waals surface area contributed by atoms with E-state index < -0.39 is 12.0 Å². The van der Waals surface area contributed by atoms with Crippen LogP contribution in [0.25, 0.3) is 0 Å². The summed E-state index contributed by atoms with van der Waals surface area (Å²) in [6.07, 6.45) is 3.94. The van der Waals surface area contributed by atoms with Gasteiger partial charge < -0.3 is 26.0 Å². The Balaban J connectivity index is 1.83. The monoisotopic (exact) mass is 470 g/mol. The Morgan fingerprint density at radius 3 is 2.56 bits per heavy atom. The fourth-order valence-electron chi connectivity index (χ4n) is 3.35. The van der Waals surface area contributed by atoms with Crippen LogP contribution in [0.4, 0.5) is 0 Å². The van der Waals surface area contributed by atoms with E-state index in [1.165, 1.54) is 4.68 Å². The van der Waals surface area contributed by atoms with E-state index in [-0.39, 0.29) is 24.8 Å². The molecule has 2 rings (SSSR count). The number of hydrogen-bond donors (Lipinski definition) is 5. The van der Waals surface area contributed by atoms with Gasteiger partial charge in [-0.05, 0) is 45.9 Å². The lowest BCUT2D eigenvalue weighted by molar-refractivity contribution is -0.146. The van der Waals surface area contributed by atoms with Gasteiger partial charge >= 0.3 is 5.97 Å². The molecule has 2 heterocycles. The zero-order chi connectivity index (χ0) is 23.0. The number of ether oxygens (including phenoxy) is 1. The molecule has 0 aliphatic carbocycles. The standard InChI is InChI=1S/C20H38N8O3S/c1-2-31-20(30)18(16-32)24-19(29)15-28-14-17(25-26-28)13-27-11-4-7-22-9-8-21-5-3-6-23-10-12-27/h14,18,21-23,32H,2-13,15-16H2,1H3,(H,24,29). The van der Waals surface area contributed by atoms with E-state index in [1.807, 2.05) is 0 Å². The minimum absolute atomic E-state index is 0.0177. The number of thiol groups is 1. The number of aromatic nitrogens is 3. The largest absolute Gasteiger partial charge is 0.464 e. The first-order valence-electron chi connectivity index (χ1n) is 11.4. The maximum absolute atomic E-state index is 12.3. The zero-order valence-electron chi connectivity index (χ0n) is 19.0. The van der Waals surface area contributed by atoms with Crippen molar-refractivity contribution in [3.8, 4) is 0 Å². The highest BCUT2D eigenvalue weighted by Crippen LogP contribution is 2.02. The molecule has 1 aliphatic rings. The number of carbonyl (C=O) groups is 2. The van der Waals surface area contributed by atoms with Gasteiger partial charge in [0.05, 0.1) is 18.5 Å². The van der Waals surface area contributed by atoms with E-state index in [1.54, 1.807) is 13.1 Å². The quantitative estimate of drug-likeness (QED) is 0.231. The first kappa shape index (κ1) is 26.5. The summed E-state index contributed by atoms with van der Waals surface area (Å²) < 4.78 is 6.43. The molecule has 12 heteroatoms. The summed E-state index contributed by atoms with van der Waals surface area (Å²) in [5, 5.41) is 21.3. The van der Waals surface area contributed by atoms with E-state index in [9.17, 15) is 9.59 Å². The Kier molecular flexibility index (Phi) is 13.2. The van der Waals surface area contributed by atoms with E-state index in [2.05, 4.69) is 49.1 Å². The lowest BCUT2D eigenvalue weighted by Gasteiger charge is -2.22. The molecule has 0 aromatic carbocycles. The second-order valence-corrected chi connectivity index (χ2v) is 8.06. The van der Waals surface area contributed by atoms with E-state index in [0.29, 0.717) is 6.54 Å². The van der Waals surface area contributed by atoms with Crippen molar-refractivity contribution in [1.29, 1.82) is 0 Å². The molecule has 1 aromatic heterocycles. The highest BCUT2D eigenvalue weighted by Gasteiger charge is 2.21. The van der Waals surface area contributed by atoms with Crippen LogP contribution in [-0.2, 0) is 27.4 Å². The van der Waals surface area contributed by atoms with Crippen molar-refractivity contribution in [2.75, 3.05) is 64.7 Å². The maximum Gasteiger partial charge on any atom is 0.329 e. The number of nitrogens with one attached hydrogen (secondary N) is 4. The van der Waals surface area contributed by atoms with Crippen molar-refractivity contribution < 1.29 is 14.3 Å². The average molecular weight is 471 g/mol. The molecule has 0 saturated carbocycles. The number of carbonyl (C=O) groups excluding carboxylic acids is 2. The Bertz CT molecular complexity index is 661. The molecule has 11 nitrogen and oxygen atoms in total. The SMILES string of the molecule is CCOC(=O)C(CS)NC(=O)Cn1cc(CN2CCCNCCNCCCNCC2)nn1. The molecule has 1 atom stereocenters. The van der Waals surface area contributed by atoms with Crippen molar-refractivity contribution in [2.24, 2.45) is 0 Å². The number of esters is 1. The fraction of sp³-hybridized carbons (Fsp3) is 0.800. The van der Waals surface area contributed by atoms with Gasteiger partial charge in [0, 0.05) is 38.5 Å². The zero-order valence-corrected chi connectivity index (χ0v) is 19.9. The molecule has 0 bridgehead atoms. The van der Waals surface area contributed by atoms with Crippen molar-refractivity contribution in [3.05, 3.63) is 11.9 Å². The predicted molar refractivity (Wildman–Crippen MR) is 126 cm³/mol. The molecular weight excluding hydrogens is 432 g/mol. The summed E-state index contributed by atoms with van der Waals surface area (Å²) in [6, 6.07) is -0.776. The van der Waals surface area contributed by atoms with Crippen LogP contribution in [0.1, 0.15) is 25.5 Å². The number of rotatable bonds is 8. The third-order valence-electron chi connectivity index (χ3n) is 4.98. The van der Waals surface area contributed by atoms with Gasteiger partial charge in [-0.25, -0.2) is 9.48 Å². The molecule has 0 spiro atoms. The summed E-state index contributed by atoms with van der Waals surface area (Å²) in [4.78, 5) is 26.5. The number of hydrogen-bond acceptors (Lipinski definition) is 10. The van der Waals surface area contributed by atoms with Crippen LogP contribution in [-0.4, -0.2) is 103 Å². The normalized spacial score (nSPS) is 18.4. The average Bonchev–Trinajstić information content (AvgIpc) is 3.21. The third kappa shape index (κ3) is 10.7. The van der Waals surface area contributed by atoms with Gasteiger partial charge in [0.25, 0.3) is 0 Å². The van der Waals surface area contributed by atoms with Gasteiger partial charge in [0.2, 0.25) is 5.91 Å². The van der Waals surface area contributed by atoms with Crippen LogP contribution in [0.3, 0.4) is 0 Å². The topological polar surface area (TPSA) is 125 Å². The molecular formula is C20H38N8O3S. The van der Waals surface area contributed by atoms with Gasteiger partial charge in [-0.2, -0.15) is 12.6 Å². The lowest BCUT2D eigenvalue weighted by atomic mass is 10.3. The minimum atomic E-state index is -0.776. The molecule has 1 aliphatic heterocycles. The van der Waals surface area contributed by atoms with Gasteiger partial charge in [-0.1, -0.05) is 5.21 Å². The molecule has 1 aromatic rings. The first-order chi connectivity index (χ1) is 15.6. The summed E-state index contributed by atoms with van der Waals surface area (Å²) in [5.74, 6) is -0.658. The van der Waals surface area contributed by atoms with Crippen LogP contribution in [0.5, 0.6) is 0 Å². The van der Waals surface area contributed by atoms with Crippen LogP contribution in [0.15, 0.2) is 6.20 Å². The van der Waals surface area contributed by atoms with Crippen LogP contribution >= 0.6 is 12.6 Å². The highest BCUT2D eigenvalue weighted by molar-refractivity contribution is 7.80. The fourth-order valence-corrected chi connectivity index (χ4v) is 3.59. The molecule has 1 amide bonds.